The van der Waals surface area contributed by atoms with E-state index in [0.717, 1.165) is 45.1 Å². The second-order valence-electron chi connectivity index (χ2n) is 7.07. The average molecular weight is 293 g/mol. The molecule has 3 fully saturated rings. The van der Waals surface area contributed by atoms with E-state index in [9.17, 15) is 9.59 Å². The van der Waals surface area contributed by atoms with Crippen LogP contribution in [0.5, 0.6) is 0 Å². The maximum atomic E-state index is 12.9. The maximum Gasteiger partial charge on any atom is 0.226 e. The van der Waals surface area contributed by atoms with Crippen LogP contribution < -0.4 is 11.1 Å². The highest BCUT2D eigenvalue weighted by molar-refractivity contribution is 5.85. The fourth-order valence-electron chi connectivity index (χ4n) is 4.41. The fourth-order valence-corrected chi connectivity index (χ4v) is 4.41. The molecule has 0 spiro atoms. The maximum absolute atomic E-state index is 12.9. The Kier molecular flexibility index (Phi) is 4.20. The van der Waals surface area contributed by atoms with Crippen LogP contribution in [0.15, 0.2) is 0 Å². The number of rotatable bonds is 2. The predicted molar refractivity (Wildman–Crippen MR) is 80.3 cm³/mol. The standard InChI is InChI=1S/C16H27N3O2/c1-10(11-4-2-5-12(17)8-11)16(21)19-7-3-6-13-14(19)9-18-15(13)20/h10-14H,2-9,17H2,1H3,(H,18,20). The van der Waals surface area contributed by atoms with Crippen LogP contribution in [0, 0.1) is 17.8 Å². The molecule has 0 aromatic heterocycles. The number of piperidine rings is 1. The third kappa shape index (κ3) is 2.80. The van der Waals surface area contributed by atoms with E-state index >= 15 is 0 Å². The first-order valence-electron chi connectivity index (χ1n) is 8.41. The van der Waals surface area contributed by atoms with E-state index in [1.165, 1.54) is 0 Å². The van der Waals surface area contributed by atoms with Gasteiger partial charge in [0.25, 0.3) is 0 Å². The smallest absolute Gasteiger partial charge is 0.226 e. The minimum absolute atomic E-state index is 0.0171. The van der Waals surface area contributed by atoms with Gasteiger partial charge in [-0.25, -0.2) is 0 Å². The molecule has 5 atom stereocenters. The molecule has 3 rings (SSSR count). The minimum atomic E-state index is 0.0171. The Morgan fingerprint density at radius 2 is 2.14 bits per heavy atom. The highest BCUT2D eigenvalue weighted by atomic mass is 16.2. The van der Waals surface area contributed by atoms with Gasteiger partial charge in [-0.05, 0) is 38.0 Å². The zero-order valence-electron chi connectivity index (χ0n) is 12.9. The van der Waals surface area contributed by atoms with Gasteiger partial charge in [-0.1, -0.05) is 13.3 Å². The van der Waals surface area contributed by atoms with Crippen molar-refractivity contribution in [3.05, 3.63) is 0 Å². The molecule has 118 valence electrons. The normalized spacial score (nSPS) is 37.8. The number of carbonyl (C=O) groups excluding carboxylic acids is 2. The molecule has 0 radical (unpaired) electrons. The SMILES string of the molecule is CC(C(=O)N1CCCC2C(=O)NCC21)C1CCCC(N)C1. The molecule has 3 aliphatic rings. The Morgan fingerprint density at radius 1 is 1.33 bits per heavy atom. The highest BCUT2D eigenvalue weighted by Crippen LogP contribution is 2.34. The van der Waals surface area contributed by atoms with Gasteiger partial charge in [0.2, 0.25) is 11.8 Å². The van der Waals surface area contributed by atoms with Gasteiger partial charge >= 0.3 is 0 Å². The summed E-state index contributed by atoms with van der Waals surface area (Å²) in [5.74, 6) is 0.825. The zero-order chi connectivity index (χ0) is 15.0. The molecule has 3 N–H and O–H groups in total. The van der Waals surface area contributed by atoms with E-state index in [4.69, 9.17) is 5.73 Å². The van der Waals surface area contributed by atoms with Gasteiger partial charge in [-0.3, -0.25) is 9.59 Å². The van der Waals surface area contributed by atoms with Gasteiger partial charge in [0, 0.05) is 25.0 Å². The van der Waals surface area contributed by atoms with E-state index in [-0.39, 0.29) is 35.7 Å². The summed E-state index contributed by atoms with van der Waals surface area (Å²) in [6.45, 7) is 3.49. The summed E-state index contributed by atoms with van der Waals surface area (Å²) < 4.78 is 0. The molecule has 0 aromatic rings. The van der Waals surface area contributed by atoms with Crippen molar-refractivity contribution in [2.24, 2.45) is 23.5 Å². The monoisotopic (exact) mass is 293 g/mol. The number of fused-ring (bicyclic) bond motifs is 1. The molecule has 0 bridgehead atoms. The molecule has 5 heteroatoms. The van der Waals surface area contributed by atoms with Gasteiger partial charge in [-0.2, -0.15) is 0 Å². The van der Waals surface area contributed by atoms with Crippen molar-refractivity contribution >= 4 is 11.8 Å². The Balaban J connectivity index is 1.67. The van der Waals surface area contributed by atoms with Crippen LogP contribution in [0.4, 0.5) is 0 Å². The summed E-state index contributed by atoms with van der Waals surface area (Å²) >= 11 is 0. The third-order valence-corrected chi connectivity index (χ3v) is 5.74. The molecule has 1 aliphatic carbocycles. The summed E-state index contributed by atoms with van der Waals surface area (Å²) in [5.41, 5.74) is 6.07. The second kappa shape index (κ2) is 5.95. The predicted octanol–water partition coefficient (Wildman–Crippen LogP) is 0.877. The summed E-state index contributed by atoms with van der Waals surface area (Å²) in [6, 6.07) is 0.335. The van der Waals surface area contributed by atoms with Gasteiger partial charge < -0.3 is 16.0 Å². The van der Waals surface area contributed by atoms with E-state index in [0.29, 0.717) is 12.5 Å². The number of nitrogens with one attached hydrogen (secondary N) is 1. The lowest BCUT2D eigenvalue weighted by Gasteiger charge is -2.40. The van der Waals surface area contributed by atoms with E-state index in [2.05, 4.69) is 12.2 Å². The highest BCUT2D eigenvalue weighted by Gasteiger charge is 2.44. The van der Waals surface area contributed by atoms with Crippen LogP contribution in [0.25, 0.3) is 0 Å². The number of carbonyl (C=O) groups is 2. The summed E-state index contributed by atoms with van der Waals surface area (Å²) in [7, 11) is 0. The van der Waals surface area contributed by atoms with Gasteiger partial charge in [0.15, 0.2) is 0 Å². The number of hydrogen-bond donors (Lipinski definition) is 2. The molecule has 1 saturated carbocycles. The molecule has 5 nitrogen and oxygen atoms in total. The van der Waals surface area contributed by atoms with Gasteiger partial charge in [0.05, 0.1) is 12.0 Å². The van der Waals surface area contributed by atoms with Crippen LogP contribution in [0.2, 0.25) is 0 Å². The molecule has 21 heavy (non-hydrogen) atoms. The van der Waals surface area contributed by atoms with E-state index in [1.807, 2.05) is 4.90 Å². The Bertz CT molecular complexity index is 426. The lowest BCUT2D eigenvalue weighted by Crippen LogP contribution is -2.51. The fraction of sp³-hybridized carbons (Fsp3) is 0.875. The Morgan fingerprint density at radius 3 is 2.90 bits per heavy atom. The van der Waals surface area contributed by atoms with Crippen LogP contribution in [0.3, 0.4) is 0 Å². The molecule has 2 saturated heterocycles. The van der Waals surface area contributed by atoms with Crippen LogP contribution in [-0.2, 0) is 9.59 Å². The molecular weight excluding hydrogens is 266 g/mol. The Labute approximate surface area is 126 Å². The average Bonchev–Trinajstić information content (AvgIpc) is 2.87. The number of hydrogen-bond acceptors (Lipinski definition) is 3. The molecular formula is C16H27N3O2. The minimum Gasteiger partial charge on any atom is -0.354 e. The lowest BCUT2D eigenvalue weighted by molar-refractivity contribution is -0.142. The van der Waals surface area contributed by atoms with Crippen molar-refractivity contribution in [3.63, 3.8) is 0 Å². The van der Waals surface area contributed by atoms with Gasteiger partial charge in [-0.15, -0.1) is 0 Å². The molecule has 2 amide bonds. The number of nitrogens with zero attached hydrogens (tertiary/aromatic N) is 1. The molecule has 0 aromatic carbocycles. The van der Waals surface area contributed by atoms with Crippen molar-refractivity contribution in [2.45, 2.75) is 57.5 Å². The molecule has 2 aliphatic heterocycles. The first-order valence-corrected chi connectivity index (χ1v) is 8.41. The van der Waals surface area contributed by atoms with Crippen molar-refractivity contribution in [1.82, 2.24) is 10.2 Å². The number of likely N-dealkylation sites (tertiary alicyclic amines) is 1. The quantitative estimate of drug-likeness (QED) is 0.793. The largest absolute Gasteiger partial charge is 0.354 e. The van der Waals surface area contributed by atoms with Crippen LogP contribution in [0.1, 0.15) is 45.4 Å². The van der Waals surface area contributed by atoms with Crippen molar-refractivity contribution in [2.75, 3.05) is 13.1 Å². The van der Waals surface area contributed by atoms with Gasteiger partial charge in [0.1, 0.15) is 0 Å². The second-order valence-corrected chi connectivity index (χ2v) is 7.07. The third-order valence-electron chi connectivity index (χ3n) is 5.74. The summed E-state index contributed by atoms with van der Waals surface area (Å²) in [5, 5.41) is 2.92. The lowest BCUT2D eigenvalue weighted by atomic mass is 9.77. The van der Waals surface area contributed by atoms with E-state index in [1.54, 1.807) is 0 Å². The number of nitrogens with two attached hydrogens (primary N) is 1. The molecule has 5 unspecified atom stereocenters. The van der Waals surface area contributed by atoms with Crippen molar-refractivity contribution in [3.8, 4) is 0 Å². The zero-order valence-corrected chi connectivity index (χ0v) is 12.9. The van der Waals surface area contributed by atoms with Crippen molar-refractivity contribution in [1.29, 1.82) is 0 Å². The first-order chi connectivity index (χ1) is 10.1. The summed E-state index contributed by atoms with van der Waals surface area (Å²) in [4.78, 5) is 26.7. The Hall–Kier alpha value is -1.10. The van der Waals surface area contributed by atoms with E-state index < -0.39 is 0 Å². The topological polar surface area (TPSA) is 75.4 Å². The molecule has 2 heterocycles. The summed E-state index contributed by atoms with van der Waals surface area (Å²) in [6.07, 6.45) is 6.16. The van der Waals surface area contributed by atoms with Crippen LogP contribution in [-0.4, -0.2) is 41.9 Å². The first kappa shape index (κ1) is 14.8. The number of amides is 2. The van der Waals surface area contributed by atoms with Crippen molar-refractivity contribution < 1.29 is 9.59 Å². The van der Waals surface area contributed by atoms with Crippen LogP contribution >= 0.6 is 0 Å².